The van der Waals surface area contributed by atoms with Crippen LogP contribution in [-0.4, -0.2) is 4.98 Å². The molecule has 1 aliphatic rings. The number of nitrogens with zero attached hydrogens (tertiary/aromatic N) is 1. The smallest absolute Gasteiger partial charge is 0.319 e. The summed E-state index contributed by atoms with van der Waals surface area (Å²) in [7, 11) is 0. The van der Waals surface area contributed by atoms with E-state index in [1.807, 2.05) is 0 Å². The van der Waals surface area contributed by atoms with Crippen molar-refractivity contribution in [2.24, 2.45) is 5.73 Å². The van der Waals surface area contributed by atoms with E-state index in [-0.39, 0.29) is 0 Å². The van der Waals surface area contributed by atoms with Crippen LogP contribution in [0.5, 0.6) is 0 Å². The molecular weight excluding hydrogens is 261 g/mol. The Morgan fingerprint density at radius 1 is 1.28 bits per heavy atom. The van der Waals surface area contributed by atoms with Gasteiger partial charge in [-0.25, -0.2) is 4.98 Å². The van der Waals surface area contributed by atoms with Crippen molar-refractivity contribution in [2.75, 3.05) is 0 Å². The third-order valence-corrected chi connectivity index (χ3v) is 4.64. The second-order valence-corrected chi connectivity index (χ2v) is 5.74. The third kappa shape index (κ3) is 1.80. The van der Waals surface area contributed by atoms with Crippen molar-refractivity contribution >= 4 is 21.6 Å². The van der Waals surface area contributed by atoms with E-state index in [0.717, 1.165) is 41.1 Å². The molecule has 0 aliphatic heterocycles. The number of hydrogen-bond donors (Lipinski definition) is 1. The summed E-state index contributed by atoms with van der Waals surface area (Å²) < 4.78 is 38.5. The van der Waals surface area contributed by atoms with Crippen LogP contribution in [0.4, 0.5) is 13.2 Å². The molecule has 6 heteroatoms. The first-order valence-electron chi connectivity index (χ1n) is 5.66. The molecule has 96 valence electrons. The number of fused-ring (bicyclic) bond motifs is 1. The molecule has 1 aromatic carbocycles. The van der Waals surface area contributed by atoms with Crippen LogP contribution in [0.25, 0.3) is 10.2 Å². The largest absolute Gasteiger partial charge is 0.416 e. The quantitative estimate of drug-likeness (QED) is 0.860. The summed E-state index contributed by atoms with van der Waals surface area (Å²) in [5.41, 5.74) is 5.45. The van der Waals surface area contributed by atoms with Gasteiger partial charge in [0.1, 0.15) is 5.01 Å². The van der Waals surface area contributed by atoms with Gasteiger partial charge in [-0.05, 0) is 37.5 Å². The molecule has 0 bridgehead atoms. The standard InChI is InChI=1S/C12H11F3N2S/c13-12(14,15)7-2-3-9-8(6-7)17-10(18-9)11(16)4-1-5-11/h2-3,6H,1,4-5,16H2. The summed E-state index contributed by atoms with van der Waals surface area (Å²) >= 11 is 1.40. The lowest BCUT2D eigenvalue weighted by Gasteiger charge is -2.35. The number of rotatable bonds is 1. The maximum absolute atomic E-state index is 12.6. The normalized spacial score (nSPS) is 18.9. The lowest BCUT2D eigenvalue weighted by Crippen LogP contribution is -2.43. The summed E-state index contributed by atoms with van der Waals surface area (Å²) in [6.45, 7) is 0. The number of thiazole rings is 1. The van der Waals surface area contributed by atoms with Crippen LogP contribution in [0.3, 0.4) is 0 Å². The van der Waals surface area contributed by atoms with E-state index in [0.29, 0.717) is 5.52 Å². The molecular formula is C12H11F3N2S. The van der Waals surface area contributed by atoms with Crippen molar-refractivity contribution in [3.8, 4) is 0 Å². The highest BCUT2D eigenvalue weighted by atomic mass is 32.1. The number of halogens is 3. The highest BCUT2D eigenvalue weighted by Crippen LogP contribution is 2.42. The van der Waals surface area contributed by atoms with E-state index in [1.165, 1.54) is 17.4 Å². The fourth-order valence-corrected chi connectivity index (χ4v) is 3.19. The molecule has 0 amide bonds. The molecule has 2 aromatic rings. The first-order valence-corrected chi connectivity index (χ1v) is 6.47. The van der Waals surface area contributed by atoms with Crippen LogP contribution in [0, 0.1) is 0 Å². The maximum Gasteiger partial charge on any atom is 0.416 e. The van der Waals surface area contributed by atoms with Gasteiger partial charge >= 0.3 is 6.18 Å². The van der Waals surface area contributed by atoms with Crippen LogP contribution < -0.4 is 5.73 Å². The molecule has 2 N–H and O–H groups in total. The predicted molar refractivity (Wildman–Crippen MR) is 64.3 cm³/mol. The molecule has 2 nitrogen and oxygen atoms in total. The monoisotopic (exact) mass is 272 g/mol. The minimum Gasteiger partial charge on any atom is -0.319 e. The van der Waals surface area contributed by atoms with Gasteiger partial charge in [0.05, 0.1) is 21.3 Å². The van der Waals surface area contributed by atoms with Crippen LogP contribution >= 0.6 is 11.3 Å². The fraction of sp³-hybridized carbons (Fsp3) is 0.417. The van der Waals surface area contributed by atoms with Gasteiger partial charge in [-0.15, -0.1) is 11.3 Å². The first-order chi connectivity index (χ1) is 8.38. The molecule has 0 spiro atoms. The van der Waals surface area contributed by atoms with E-state index in [2.05, 4.69) is 4.98 Å². The Labute approximate surface area is 106 Å². The molecule has 3 rings (SSSR count). The summed E-state index contributed by atoms with van der Waals surface area (Å²) in [5.74, 6) is 0. The Hall–Kier alpha value is -1.14. The van der Waals surface area contributed by atoms with Crippen molar-refractivity contribution in [3.05, 3.63) is 28.8 Å². The van der Waals surface area contributed by atoms with Gasteiger partial charge < -0.3 is 5.73 Å². The van der Waals surface area contributed by atoms with Gasteiger partial charge in [0.25, 0.3) is 0 Å². The summed E-state index contributed by atoms with van der Waals surface area (Å²) in [6.07, 6.45) is -1.55. The molecule has 1 saturated carbocycles. The summed E-state index contributed by atoms with van der Waals surface area (Å²) in [5, 5.41) is 0.753. The van der Waals surface area contributed by atoms with E-state index < -0.39 is 17.3 Å². The van der Waals surface area contributed by atoms with Crippen LogP contribution in [-0.2, 0) is 11.7 Å². The average molecular weight is 272 g/mol. The zero-order valence-electron chi connectivity index (χ0n) is 9.42. The molecule has 18 heavy (non-hydrogen) atoms. The Bertz CT molecular complexity index is 599. The van der Waals surface area contributed by atoms with Crippen molar-refractivity contribution in [3.63, 3.8) is 0 Å². The topological polar surface area (TPSA) is 38.9 Å². The van der Waals surface area contributed by atoms with Gasteiger partial charge in [-0.3, -0.25) is 0 Å². The Kier molecular flexibility index (Phi) is 2.44. The molecule has 0 radical (unpaired) electrons. The maximum atomic E-state index is 12.6. The van der Waals surface area contributed by atoms with E-state index in [9.17, 15) is 13.2 Å². The molecule has 1 fully saturated rings. The Morgan fingerprint density at radius 2 is 2.00 bits per heavy atom. The van der Waals surface area contributed by atoms with Crippen molar-refractivity contribution in [2.45, 2.75) is 31.0 Å². The lowest BCUT2D eigenvalue weighted by molar-refractivity contribution is -0.137. The number of benzene rings is 1. The van der Waals surface area contributed by atoms with Gasteiger partial charge in [0, 0.05) is 0 Å². The third-order valence-electron chi connectivity index (χ3n) is 3.39. The zero-order valence-corrected chi connectivity index (χ0v) is 10.2. The Morgan fingerprint density at radius 3 is 2.56 bits per heavy atom. The van der Waals surface area contributed by atoms with Crippen LogP contribution in [0.15, 0.2) is 18.2 Å². The molecule has 0 unspecified atom stereocenters. The number of nitrogens with two attached hydrogens (primary N) is 1. The molecule has 1 aliphatic carbocycles. The van der Waals surface area contributed by atoms with Gasteiger partial charge in [0.2, 0.25) is 0 Å². The highest BCUT2D eigenvalue weighted by molar-refractivity contribution is 7.18. The summed E-state index contributed by atoms with van der Waals surface area (Å²) in [6, 6.07) is 3.66. The second kappa shape index (κ2) is 3.68. The van der Waals surface area contributed by atoms with Crippen LogP contribution in [0.2, 0.25) is 0 Å². The number of aromatic nitrogens is 1. The average Bonchev–Trinajstić information content (AvgIpc) is 2.67. The van der Waals surface area contributed by atoms with Gasteiger partial charge in [-0.2, -0.15) is 13.2 Å². The zero-order chi connectivity index (χ0) is 13.0. The molecule has 1 aromatic heterocycles. The minimum atomic E-state index is -4.32. The lowest BCUT2D eigenvalue weighted by atomic mass is 9.78. The van der Waals surface area contributed by atoms with Crippen molar-refractivity contribution < 1.29 is 13.2 Å². The first kappa shape index (κ1) is 11.9. The fourth-order valence-electron chi connectivity index (χ4n) is 2.09. The molecule has 0 atom stereocenters. The second-order valence-electron chi connectivity index (χ2n) is 4.71. The van der Waals surface area contributed by atoms with Gasteiger partial charge in [0.15, 0.2) is 0 Å². The van der Waals surface area contributed by atoms with E-state index in [1.54, 1.807) is 0 Å². The minimum absolute atomic E-state index is 0.390. The van der Waals surface area contributed by atoms with Crippen LogP contribution in [0.1, 0.15) is 29.8 Å². The summed E-state index contributed by atoms with van der Waals surface area (Å²) in [4.78, 5) is 4.27. The predicted octanol–water partition coefficient (Wildman–Crippen LogP) is 3.65. The SMILES string of the molecule is NC1(c2nc3cc(C(F)(F)F)ccc3s2)CCC1. The number of hydrogen-bond acceptors (Lipinski definition) is 3. The number of alkyl halides is 3. The molecule has 0 saturated heterocycles. The van der Waals surface area contributed by atoms with E-state index in [4.69, 9.17) is 5.73 Å². The van der Waals surface area contributed by atoms with E-state index >= 15 is 0 Å². The van der Waals surface area contributed by atoms with Crippen molar-refractivity contribution in [1.82, 2.24) is 4.98 Å². The highest BCUT2D eigenvalue weighted by Gasteiger charge is 2.37. The Balaban J connectivity index is 2.07. The van der Waals surface area contributed by atoms with Crippen molar-refractivity contribution in [1.29, 1.82) is 0 Å². The van der Waals surface area contributed by atoms with Gasteiger partial charge in [-0.1, -0.05) is 0 Å². The molecule has 1 heterocycles.